The lowest BCUT2D eigenvalue weighted by Gasteiger charge is -2.22. The first-order chi connectivity index (χ1) is 12.0. The minimum atomic E-state index is -0.224. The summed E-state index contributed by atoms with van der Waals surface area (Å²) < 4.78 is 1.80. The summed E-state index contributed by atoms with van der Waals surface area (Å²) in [5, 5.41) is 15.6. The van der Waals surface area contributed by atoms with E-state index in [0.29, 0.717) is 28.2 Å². The van der Waals surface area contributed by atoms with Gasteiger partial charge >= 0.3 is 0 Å². The summed E-state index contributed by atoms with van der Waals surface area (Å²) in [6.45, 7) is 3.86. The Bertz CT molecular complexity index is 746. The van der Waals surface area contributed by atoms with Gasteiger partial charge in [-0.2, -0.15) is 0 Å². The molecule has 142 valence electrons. The second kappa shape index (κ2) is 9.55. The van der Waals surface area contributed by atoms with Gasteiger partial charge in [0.05, 0.1) is 12.2 Å². The maximum atomic E-state index is 12.4. The van der Waals surface area contributed by atoms with Crippen LogP contribution in [0.5, 0.6) is 0 Å². The molecule has 6 nitrogen and oxygen atoms in total. The SMILES string of the molecule is CC(Cc1ccc(Cl)cc1Cl)NC(=O)c1cn(C2CCNCC2)nn1.Cl. The Morgan fingerprint density at radius 2 is 2.12 bits per heavy atom. The Kier molecular flexibility index (Phi) is 7.70. The van der Waals surface area contributed by atoms with Gasteiger partial charge in [0.1, 0.15) is 0 Å². The molecule has 9 heteroatoms. The first-order valence-corrected chi connectivity index (χ1v) is 9.16. The number of carbonyl (C=O) groups excluding carboxylic acids is 1. The summed E-state index contributed by atoms with van der Waals surface area (Å²) in [6.07, 6.45) is 4.34. The number of benzene rings is 1. The van der Waals surface area contributed by atoms with Crippen LogP contribution in [0.25, 0.3) is 0 Å². The average molecular weight is 419 g/mol. The van der Waals surface area contributed by atoms with Crippen molar-refractivity contribution in [3.8, 4) is 0 Å². The lowest BCUT2D eigenvalue weighted by molar-refractivity contribution is 0.0935. The first-order valence-electron chi connectivity index (χ1n) is 8.40. The smallest absolute Gasteiger partial charge is 0.273 e. The van der Waals surface area contributed by atoms with Gasteiger partial charge in [0, 0.05) is 16.1 Å². The van der Waals surface area contributed by atoms with Crippen LogP contribution >= 0.6 is 35.6 Å². The highest BCUT2D eigenvalue weighted by atomic mass is 35.5. The Labute approximate surface area is 169 Å². The third-order valence-electron chi connectivity index (χ3n) is 4.34. The van der Waals surface area contributed by atoms with E-state index in [1.54, 1.807) is 23.0 Å². The lowest BCUT2D eigenvalue weighted by Crippen LogP contribution is -2.34. The molecule has 1 fully saturated rings. The number of piperidine rings is 1. The quantitative estimate of drug-likeness (QED) is 0.781. The highest BCUT2D eigenvalue weighted by molar-refractivity contribution is 6.35. The van der Waals surface area contributed by atoms with Crippen LogP contribution in [0, 0.1) is 0 Å². The van der Waals surface area contributed by atoms with E-state index in [-0.39, 0.29) is 24.4 Å². The van der Waals surface area contributed by atoms with Gasteiger partial charge in [-0.05, 0) is 57.0 Å². The molecule has 2 N–H and O–H groups in total. The number of hydrogen-bond acceptors (Lipinski definition) is 4. The number of halogens is 3. The Morgan fingerprint density at radius 1 is 1.38 bits per heavy atom. The maximum absolute atomic E-state index is 12.4. The summed E-state index contributed by atoms with van der Waals surface area (Å²) in [7, 11) is 0. The topological polar surface area (TPSA) is 71.8 Å². The highest BCUT2D eigenvalue weighted by Gasteiger charge is 2.19. The average Bonchev–Trinajstić information content (AvgIpc) is 3.08. The second-order valence-electron chi connectivity index (χ2n) is 6.38. The minimum absolute atomic E-state index is 0. The number of carbonyl (C=O) groups is 1. The molecule has 1 aromatic heterocycles. The normalized spacial score (nSPS) is 16.0. The van der Waals surface area contributed by atoms with Crippen molar-refractivity contribution >= 4 is 41.5 Å². The minimum Gasteiger partial charge on any atom is -0.348 e. The molecule has 2 aromatic rings. The fourth-order valence-corrected chi connectivity index (χ4v) is 3.48. The Morgan fingerprint density at radius 3 is 2.81 bits per heavy atom. The summed E-state index contributed by atoms with van der Waals surface area (Å²) >= 11 is 12.1. The molecule has 1 atom stereocenters. The van der Waals surface area contributed by atoms with Gasteiger partial charge in [0.2, 0.25) is 0 Å². The third-order valence-corrected chi connectivity index (χ3v) is 4.93. The maximum Gasteiger partial charge on any atom is 0.273 e. The molecule has 1 aliphatic rings. The van der Waals surface area contributed by atoms with Gasteiger partial charge in [-0.1, -0.05) is 34.5 Å². The van der Waals surface area contributed by atoms with Crippen LogP contribution in [0.2, 0.25) is 10.0 Å². The molecule has 0 saturated carbocycles. The molecule has 1 aliphatic heterocycles. The summed E-state index contributed by atoms with van der Waals surface area (Å²) in [5.74, 6) is -0.224. The van der Waals surface area contributed by atoms with Crippen molar-refractivity contribution in [3.05, 3.63) is 45.7 Å². The molecular weight excluding hydrogens is 397 g/mol. The van der Waals surface area contributed by atoms with Gasteiger partial charge < -0.3 is 10.6 Å². The van der Waals surface area contributed by atoms with Crippen molar-refractivity contribution in [2.45, 2.75) is 38.3 Å². The van der Waals surface area contributed by atoms with Gasteiger partial charge in [-0.15, -0.1) is 17.5 Å². The van der Waals surface area contributed by atoms with Crippen LogP contribution < -0.4 is 10.6 Å². The largest absolute Gasteiger partial charge is 0.348 e. The Hall–Kier alpha value is -1.34. The van der Waals surface area contributed by atoms with Gasteiger partial charge in [0.25, 0.3) is 5.91 Å². The molecule has 1 aromatic carbocycles. The Balaban J connectivity index is 0.00000243. The van der Waals surface area contributed by atoms with Gasteiger partial charge in [-0.25, -0.2) is 4.68 Å². The zero-order chi connectivity index (χ0) is 17.8. The molecule has 0 bridgehead atoms. The molecule has 2 heterocycles. The molecule has 1 saturated heterocycles. The molecule has 1 amide bonds. The fraction of sp³-hybridized carbons (Fsp3) is 0.471. The van der Waals surface area contributed by atoms with Crippen molar-refractivity contribution < 1.29 is 4.79 Å². The van der Waals surface area contributed by atoms with Crippen LogP contribution in [-0.4, -0.2) is 40.0 Å². The van der Waals surface area contributed by atoms with Crippen LogP contribution in [0.3, 0.4) is 0 Å². The number of hydrogen-bond donors (Lipinski definition) is 2. The van der Waals surface area contributed by atoms with E-state index in [2.05, 4.69) is 20.9 Å². The van der Waals surface area contributed by atoms with Gasteiger partial charge in [-0.3, -0.25) is 4.79 Å². The zero-order valence-corrected chi connectivity index (χ0v) is 16.7. The number of nitrogens with zero attached hydrogens (tertiary/aromatic N) is 3. The highest BCUT2D eigenvalue weighted by Crippen LogP contribution is 2.22. The van der Waals surface area contributed by atoms with Crippen LogP contribution in [0.1, 0.15) is 41.9 Å². The molecule has 26 heavy (non-hydrogen) atoms. The molecule has 0 spiro atoms. The van der Waals surface area contributed by atoms with E-state index in [0.717, 1.165) is 31.5 Å². The van der Waals surface area contributed by atoms with Crippen LogP contribution in [0.15, 0.2) is 24.4 Å². The molecule has 1 unspecified atom stereocenters. The standard InChI is InChI=1S/C17H21Cl2N5O.ClH/c1-11(8-12-2-3-13(18)9-15(12)19)21-17(25)16-10-24(23-22-16)14-4-6-20-7-5-14;/h2-3,9-11,14,20H,4-8H2,1H3,(H,21,25);1H. The van der Waals surface area contributed by atoms with E-state index in [9.17, 15) is 4.79 Å². The van der Waals surface area contributed by atoms with E-state index in [4.69, 9.17) is 23.2 Å². The van der Waals surface area contributed by atoms with Crippen molar-refractivity contribution in [1.82, 2.24) is 25.6 Å². The lowest BCUT2D eigenvalue weighted by atomic mass is 10.1. The fourth-order valence-electron chi connectivity index (χ4n) is 3.00. The molecule has 3 rings (SSSR count). The first kappa shape index (κ1) is 21.0. The monoisotopic (exact) mass is 417 g/mol. The van der Waals surface area contributed by atoms with E-state index in [1.165, 1.54) is 0 Å². The number of rotatable bonds is 5. The number of nitrogens with one attached hydrogen (secondary N) is 2. The summed E-state index contributed by atoms with van der Waals surface area (Å²) in [6, 6.07) is 5.59. The zero-order valence-electron chi connectivity index (χ0n) is 14.4. The van der Waals surface area contributed by atoms with Crippen molar-refractivity contribution in [2.75, 3.05) is 13.1 Å². The number of amides is 1. The van der Waals surface area contributed by atoms with Crippen molar-refractivity contribution in [2.24, 2.45) is 0 Å². The van der Waals surface area contributed by atoms with Crippen LogP contribution in [0.4, 0.5) is 0 Å². The third kappa shape index (κ3) is 5.33. The van der Waals surface area contributed by atoms with E-state index in [1.807, 2.05) is 13.0 Å². The summed E-state index contributed by atoms with van der Waals surface area (Å²) in [4.78, 5) is 12.4. The molecule has 0 radical (unpaired) electrons. The van der Waals surface area contributed by atoms with Crippen LogP contribution in [-0.2, 0) is 6.42 Å². The molecule has 0 aliphatic carbocycles. The van der Waals surface area contributed by atoms with Gasteiger partial charge in [0.15, 0.2) is 5.69 Å². The number of aromatic nitrogens is 3. The van der Waals surface area contributed by atoms with E-state index >= 15 is 0 Å². The molecular formula is C17H22Cl3N5O. The van der Waals surface area contributed by atoms with Crippen molar-refractivity contribution in [1.29, 1.82) is 0 Å². The predicted octanol–water partition coefficient (Wildman–Crippen LogP) is 3.29. The predicted molar refractivity (Wildman–Crippen MR) is 106 cm³/mol. The van der Waals surface area contributed by atoms with Crippen molar-refractivity contribution in [3.63, 3.8) is 0 Å². The van der Waals surface area contributed by atoms with E-state index < -0.39 is 0 Å². The second-order valence-corrected chi connectivity index (χ2v) is 7.22. The summed E-state index contributed by atoms with van der Waals surface area (Å²) in [5.41, 5.74) is 1.28.